The quantitative estimate of drug-likeness (QED) is 0.847. The molecule has 0 aliphatic heterocycles. The number of aryl methyl sites for hydroxylation is 1. The van der Waals surface area contributed by atoms with Crippen LogP contribution in [-0.4, -0.2) is 11.5 Å². The summed E-state index contributed by atoms with van der Waals surface area (Å²) in [4.78, 5) is 4.17. The molecule has 0 bridgehead atoms. The third-order valence-electron chi connectivity index (χ3n) is 2.96. The highest BCUT2D eigenvalue weighted by Gasteiger charge is 2.13. The number of nitrogens with zero attached hydrogens (tertiary/aromatic N) is 1. The summed E-state index contributed by atoms with van der Waals surface area (Å²) in [6, 6.07) is 6.49. The molecule has 3 nitrogen and oxygen atoms in total. The van der Waals surface area contributed by atoms with Gasteiger partial charge in [0, 0.05) is 24.0 Å². The van der Waals surface area contributed by atoms with Crippen LogP contribution in [0.5, 0.6) is 0 Å². The van der Waals surface area contributed by atoms with Crippen molar-refractivity contribution in [2.24, 2.45) is 0 Å². The van der Waals surface area contributed by atoms with E-state index in [0.29, 0.717) is 6.04 Å². The van der Waals surface area contributed by atoms with Crippen LogP contribution in [-0.2, 0) is 6.42 Å². The highest BCUT2D eigenvalue weighted by molar-refractivity contribution is 5.20. The molecule has 0 spiro atoms. The molecule has 2 rings (SSSR count). The lowest BCUT2D eigenvalue weighted by atomic mass is 10.0. The zero-order valence-electron chi connectivity index (χ0n) is 11.0. The molecule has 96 valence electrons. The van der Waals surface area contributed by atoms with Gasteiger partial charge in [-0.1, -0.05) is 13.0 Å². The minimum Gasteiger partial charge on any atom is -0.469 e. The van der Waals surface area contributed by atoms with E-state index < -0.39 is 0 Å². The van der Waals surface area contributed by atoms with E-state index in [4.69, 9.17) is 4.42 Å². The average molecular weight is 244 g/mol. The molecule has 2 aromatic heterocycles. The Balaban J connectivity index is 2.10. The fraction of sp³-hybridized carbons (Fsp3) is 0.400. The lowest BCUT2D eigenvalue weighted by Crippen LogP contribution is -2.23. The van der Waals surface area contributed by atoms with Crippen LogP contribution in [0.1, 0.15) is 36.3 Å². The Morgan fingerprint density at radius 1 is 1.44 bits per heavy atom. The van der Waals surface area contributed by atoms with E-state index in [1.165, 1.54) is 11.1 Å². The Bertz CT molecular complexity index is 464. The van der Waals surface area contributed by atoms with E-state index in [1.807, 2.05) is 25.5 Å². The minimum absolute atomic E-state index is 0.298. The van der Waals surface area contributed by atoms with Crippen LogP contribution in [0.3, 0.4) is 0 Å². The van der Waals surface area contributed by atoms with Gasteiger partial charge < -0.3 is 9.73 Å². The first-order chi connectivity index (χ1) is 8.79. The van der Waals surface area contributed by atoms with Crippen molar-refractivity contribution in [2.75, 3.05) is 6.54 Å². The van der Waals surface area contributed by atoms with Gasteiger partial charge in [-0.25, -0.2) is 0 Å². The first-order valence-corrected chi connectivity index (χ1v) is 6.47. The number of rotatable bonds is 6. The fourth-order valence-electron chi connectivity index (χ4n) is 2.03. The Kier molecular flexibility index (Phi) is 4.53. The number of aromatic nitrogens is 1. The number of nitrogens with one attached hydrogen (secondary N) is 1. The maximum Gasteiger partial charge on any atom is 0.101 e. The van der Waals surface area contributed by atoms with Crippen molar-refractivity contribution in [2.45, 2.75) is 32.7 Å². The van der Waals surface area contributed by atoms with Gasteiger partial charge in [0.1, 0.15) is 5.76 Å². The number of hydrogen-bond donors (Lipinski definition) is 1. The van der Waals surface area contributed by atoms with E-state index in [2.05, 4.69) is 29.4 Å². The molecule has 18 heavy (non-hydrogen) atoms. The second-order valence-electron chi connectivity index (χ2n) is 4.56. The van der Waals surface area contributed by atoms with Crippen molar-refractivity contribution < 1.29 is 4.42 Å². The maximum absolute atomic E-state index is 5.41. The van der Waals surface area contributed by atoms with Gasteiger partial charge in [-0.3, -0.25) is 4.98 Å². The van der Waals surface area contributed by atoms with Crippen molar-refractivity contribution in [1.29, 1.82) is 0 Å². The summed E-state index contributed by atoms with van der Waals surface area (Å²) in [6.45, 7) is 5.16. The Morgan fingerprint density at radius 2 is 2.33 bits per heavy atom. The van der Waals surface area contributed by atoms with Gasteiger partial charge in [-0.2, -0.15) is 0 Å². The molecule has 1 N–H and O–H groups in total. The van der Waals surface area contributed by atoms with E-state index in [1.54, 1.807) is 6.20 Å². The molecule has 0 aromatic carbocycles. The van der Waals surface area contributed by atoms with Gasteiger partial charge >= 0.3 is 0 Å². The van der Waals surface area contributed by atoms with Crippen LogP contribution in [0.2, 0.25) is 0 Å². The van der Waals surface area contributed by atoms with Gasteiger partial charge in [0.25, 0.3) is 0 Å². The average Bonchev–Trinajstić information content (AvgIpc) is 2.82. The predicted octanol–water partition coefficient (Wildman–Crippen LogP) is 3.27. The molecule has 2 aromatic rings. The fourth-order valence-corrected chi connectivity index (χ4v) is 2.03. The van der Waals surface area contributed by atoms with E-state index in [-0.39, 0.29) is 0 Å². The summed E-state index contributed by atoms with van der Waals surface area (Å²) in [5.74, 6) is 0.958. The Hall–Kier alpha value is -1.61. The van der Waals surface area contributed by atoms with Crippen molar-refractivity contribution in [1.82, 2.24) is 10.3 Å². The lowest BCUT2D eigenvalue weighted by molar-refractivity contribution is 0.503. The summed E-state index contributed by atoms with van der Waals surface area (Å²) >= 11 is 0. The van der Waals surface area contributed by atoms with E-state index in [9.17, 15) is 0 Å². The molecule has 0 amide bonds. The van der Waals surface area contributed by atoms with E-state index in [0.717, 1.165) is 25.1 Å². The second kappa shape index (κ2) is 6.36. The minimum atomic E-state index is 0.298. The molecule has 0 saturated heterocycles. The molecule has 1 atom stereocenters. The van der Waals surface area contributed by atoms with Gasteiger partial charge in [0.05, 0.1) is 6.26 Å². The number of hydrogen-bond acceptors (Lipinski definition) is 3. The van der Waals surface area contributed by atoms with Crippen LogP contribution >= 0.6 is 0 Å². The lowest BCUT2D eigenvalue weighted by Gasteiger charge is -2.16. The first-order valence-electron chi connectivity index (χ1n) is 6.47. The van der Waals surface area contributed by atoms with Gasteiger partial charge in [0.2, 0.25) is 0 Å². The highest BCUT2D eigenvalue weighted by Crippen LogP contribution is 2.20. The monoisotopic (exact) mass is 244 g/mol. The molecule has 2 heterocycles. The van der Waals surface area contributed by atoms with Crippen molar-refractivity contribution in [3.05, 3.63) is 53.7 Å². The second-order valence-corrected chi connectivity index (χ2v) is 4.56. The first kappa shape index (κ1) is 12.8. The van der Waals surface area contributed by atoms with Gasteiger partial charge in [0.15, 0.2) is 0 Å². The van der Waals surface area contributed by atoms with Crippen LogP contribution < -0.4 is 5.32 Å². The Labute approximate surface area is 108 Å². The van der Waals surface area contributed by atoms with Gasteiger partial charge in [-0.15, -0.1) is 0 Å². The Morgan fingerprint density at radius 3 is 2.94 bits per heavy atom. The SMILES string of the molecule is CCCNC(Cc1cccnc1)c1coc(C)c1. The van der Waals surface area contributed by atoms with Crippen LogP contribution in [0.25, 0.3) is 0 Å². The molecule has 0 fully saturated rings. The topological polar surface area (TPSA) is 38.1 Å². The summed E-state index contributed by atoms with van der Waals surface area (Å²) in [7, 11) is 0. The highest BCUT2D eigenvalue weighted by atomic mass is 16.3. The van der Waals surface area contributed by atoms with Crippen molar-refractivity contribution >= 4 is 0 Å². The molecule has 1 unspecified atom stereocenters. The number of pyridine rings is 1. The zero-order valence-corrected chi connectivity index (χ0v) is 11.0. The standard InChI is InChI=1S/C15H20N2O/c1-3-6-17-15(14-8-12(2)18-11-14)9-13-5-4-7-16-10-13/h4-5,7-8,10-11,15,17H,3,6,9H2,1-2H3. The molecular formula is C15H20N2O. The van der Waals surface area contributed by atoms with Crippen molar-refractivity contribution in [3.8, 4) is 0 Å². The van der Waals surface area contributed by atoms with Crippen LogP contribution in [0.15, 0.2) is 41.3 Å². The summed E-state index contributed by atoms with van der Waals surface area (Å²) in [6.07, 6.45) is 7.64. The summed E-state index contributed by atoms with van der Waals surface area (Å²) in [5, 5.41) is 3.56. The molecule has 0 radical (unpaired) electrons. The molecule has 3 heteroatoms. The van der Waals surface area contributed by atoms with Crippen LogP contribution in [0, 0.1) is 6.92 Å². The van der Waals surface area contributed by atoms with Gasteiger partial charge in [-0.05, 0) is 44.0 Å². The van der Waals surface area contributed by atoms with E-state index >= 15 is 0 Å². The molecular weight excluding hydrogens is 224 g/mol. The molecule has 0 aliphatic carbocycles. The number of furan rings is 1. The third kappa shape index (κ3) is 3.44. The molecule has 0 saturated carbocycles. The smallest absolute Gasteiger partial charge is 0.101 e. The predicted molar refractivity (Wildman–Crippen MR) is 72.4 cm³/mol. The summed E-state index contributed by atoms with van der Waals surface area (Å²) < 4.78 is 5.41. The third-order valence-corrected chi connectivity index (χ3v) is 2.96. The molecule has 0 aliphatic rings. The van der Waals surface area contributed by atoms with Crippen molar-refractivity contribution in [3.63, 3.8) is 0 Å². The maximum atomic E-state index is 5.41. The summed E-state index contributed by atoms with van der Waals surface area (Å²) in [5.41, 5.74) is 2.45. The van der Waals surface area contributed by atoms with Crippen LogP contribution in [0.4, 0.5) is 0 Å². The normalized spacial score (nSPS) is 12.6. The largest absolute Gasteiger partial charge is 0.469 e. The zero-order chi connectivity index (χ0) is 12.8.